The van der Waals surface area contributed by atoms with Crippen LogP contribution in [0.4, 0.5) is 11.4 Å². The van der Waals surface area contributed by atoms with Crippen molar-refractivity contribution in [1.29, 1.82) is 0 Å². The molecule has 1 heterocycles. The molecule has 1 aliphatic heterocycles. The van der Waals surface area contributed by atoms with E-state index in [1.165, 1.54) is 12.1 Å². The molecule has 0 radical (unpaired) electrons. The van der Waals surface area contributed by atoms with Crippen molar-refractivity contribution in [2.75, 3.05) is 36.5 Å². The summed E-state index contributed by atoms with van der Waals surface area (Å²) in [6.07, 6.45) is 0. The molecule has 1 fully saturated rings. The number of nitro benzene ring substituents is 1. The van der Waals surface area contributed by atoms with E-state index in [1.54, 1.807) is 13.0 Å². The molecular weight excluding hydrogens is 378 g/mol. The van der Waals surface area contributed by atoms with E-state index in [1.807, 2.05) is 36.0 Å². The zero-order valence-corrected chi connectivity index (χ0v) is 16.5. The Kier molecular flexibility index (Phi) is 6.89. The summed E-state index contributed by atoms with van der Waals surface area (Å²) in [7, 11) is 0. The van der Waals surface area contributed by atoms with Crippen molar-refractivity contribution in [3.05, 3.63) is 63.7 Å². The number of hydrogen-bond acceptors (Lipinski definition) is 6. The molecule has 3 rings (SSSR count). The number of hydrogen-bond donors (Lipinski definition) is 1. The van der Waals surface area contributed by atoms with Crippen LogP contribution in [0.15, 0.2) is 42.5 Å². The van der Waals surface area contributed by atoms with Gasteiger partial charge in [0.2, 0.25) is 0 Å². The molecule has 0 saturated carbocycles. The van der Waals surface area contributed by atoms with Gasteiger partial charge in [-0.15, -0.1) is 0 Å². The molecule has 1 aliphatic rings. The van der Waals surface area contributed by atoms with E-state index in [4.69, 9.17) is 4.74 Å². The monoisotopic (exact) mass is 401 g/mol. The van der Waals surface area contributed by atoms with Crippen molar-refractivity contribution in [1.82, 2.24) is 4.90 Å². The number of carbonyl (C=O) groups excluding carboxylic acids is 1. The molecule has 148 valence electrons. The summed E-state index contributed by atoms with van der Waals surface area (Å²) in [5.41, 5.74) is 2.44. The molecule has 1 saturated heterocycles. The second-order valence-corrected chi connectivity index (χ2v) is 7.88. The number of aryl methyl sites for hydroxylation is 1. The predicted octanol–water partition coefficient (Wildman–Crippen LogP) is 3.47. The minimum atomic E-state index is -0.511. The molecule has 1 amide bonds. The summed E-state index contributed by atoms with van der Waals surface area (Å²) >= 11 is 1.97. The van der Waals surface area contributed by atoms with Gasteiger partial charge in [0.05, 0.1) is 4.92 Å². The fourth-order valence-electron chi connectivity index (χ4n) is 3.00. The van der Waals surface area contributed by atoms with Gasteiger partial charge in [-0.05, 0) is 36.2 Å². The average Bonchev–Trinajstić information content (AvgIpc) is 2.68. The molecule has 0 atom stereocenters. The number of thioether (sulfide) groups is 1. The third-order valence-electron chi connectivity index (χ3n) is 4.39. The van der Waals surface area contributed by atoms with E-state index < -0.39 is 4.92 Å². The van der Waals surface area contributed by atoms with Crippen LogP contribution in [0.1, 0.15) is 11.1 Å². The molecule has 2 aromatic rings. The van der Waals surface area contributed by atoms with Gasteiger partial charge in [0.1, 0.15) is 0 Å². The van der Waals surface area contributed by atoms with Gasteiger partial charge in [-0.3, -0.25) is 19.8 Å². The number of benzene rings is 2. The lowest BCUT2D eigenvalue weighted by Crippen LogP contribution is -2.32. The highest BCUT2D eigenvalue weighted by atomic mass is 32.2. The van der Waals surface area contributed by atoms with Gasteiger partial charge in [-0.25, -0.2) is 0 Å². The van der Waals surface area contributed by atoms with Gasteiger partial charge in [0, 0.05) is 42.9 Å². The number of amides is 1. The van der Waals surface area contributed by atoms with Crippen LogP contribution < -0.4 is 10.1 Å². The van der Waals surface area contributed by atoms with Crippen LogP contribution in [0.5, 0.6) is 5.75 Å². The fraction of sp³-hybridized carbons (Fsp3) is 0.350. The highest BCUT2D eigenvalue weighted by Gasteiger charge is 2.16. The lowest BCUT2D eigenvalue weighted by molar-refractivity contribution is -0.385. The van der Waals surface area contributed by atoms with Crippen LogP contribution in [0, 0.1) is 17.0 Å². The highest BCUT2D eigenvalue weighted by Crippen LogP contribution is 2.27. The first-order chi connectivity index (χ1) is 13.5. The van der Waals surface area contributed by atoms with Gasteiger partial charge < -0.3 is 10.1 Å². The number of nitrogens with one attached hydrogen (secondary N) is 1. The second-order valence-electron chi connectivity index (χ2n) is 6.65. The molecule has 28 heavy (non-hydrogen) atoms. The van der Waals surface area contributed by atoms with Crippen molar-refractivity contribution >= 4 is 29.0 Å². The average molecular weight is 401 g/mol. The molecule has 0 spiro atoms. The molecular formula is C20H23N3O4S. The van der Waals surface area contributed by atoms with Crippen LogP contribution in [0.3, 0.4) is 0 Å². The first kappa shape index (κ1) is 20.2. The molecule has 0 unspecified atom stereocenters. The highest BCUT2D eigenvalue weighted by molar-refractivity contribution is 7.99. The maximum atomic E-state index is 12.2. The Balaban J connectivity index is 1.56. The standard InChI is InChI=1S/C20H23N3O4S/c1-15-5-6-19(18(11-15)23(25)26)27-14-20(24)21-17-4-2-3-16(12-17)13-22-7-9-28-10-8-22/h2-6,11-12H,7-10,13-14H2,1H3,(H,21,24). The fourth-order valence-corrected chi connectivity index (χ4v) is 3.98. The van der Waals surface area contributed by atoms with E-state index in [9.17, 15) is 14.9 Å². The summed E-state index contributed by atoms with van der Waals surface area (Å²) in [6.45, 7) is 4.47. The van der Waals surface area contributed by atoms with Crippen LogP contribution in [0.25, 0.3) is 0 Å². The Hall–Kier alpha value is -2.58. The van der Waals surface area contributed by atoms with Crippen LogP contribution in [-0.4, -0.2) is 46.9 Å². The van der Waals surface area contributed by atoms with E-state index in [0.717, 1.165) is 42.3 Å². The Morgan fingerprint density at radius 1 is 1.25 bits per heavy atom. The summed E-state index contributed by atoms with van der Waals surface area (Å²) in [4.78, 5) is 25.2. The Labute approximate surface area is 168 Å². The predicted molar refractivity (Wildman–Crippen MR) is 111 cm³/mol. The minimum Gasteiger partial charge on any atom is -0.477 e. The molecule has 0 bridgehead atoms. The zero-order chi connectivity index (χ0) is 19.9. The topological polar surface area (TPSA) is 84.7 Å². The summed E-state index contributed by atoms with van der Waals surface area (Å²) < 4.78 is 5.37. The van der Waals surface area contributed by atoms with E-state index in [-0.39, 0.29) is 24.0 Å². The number of rotatable bonds is 7. The van der Waals surface area contributed by atoms with Crippen molar-refractivity contribution in [2.45, 2.75) is 13.5 Å². The van der Waals surface area contributed by atoms with Crippen molar-refractivity contribution < 1.29 is 14.5 Å². The van der Waals surface area contributed by atoms with E-state index in [0.29, 0.717) is 5.69 Å². The van der Waals surface area contributed by atoms with Crippen LogP contribution >= 0.6 is 11.8 Å². The summed E-state index contributed by atoms with van der Waals surface area (Å²) in [5, 5.41) is 13.9. The number of nitrogens with zero attached hydrogens (tertiary/aromatic N) is 2. The zero-order valence-electron chi connectivity index (χ0n) is 15.7. The molecule has 0 aromatic heterocycles. The quantitative estimate of drug-likeness (QED) is 0.565. The third-order valence-corrected chi connectivity index (χ3v) is 5.33. The molecule has 1 N–H and O–H groups in total. The summed E-state index contributed by atoms with van der Waals surface area (Å²) in [6, 6.07) is 12.4. The lowest BCUT2D eigenvalue weighted by Gasteiger charge is -2.26. The third kappa shape index (κ3) is 5.71. The molecule has 2 aromatic carbocycles. The normalized spacial score (nSPS) is 14.5. The smallest absolute Gasteiger partial charge is 0.311 e. The minimum absolute atomic E-state index is 0.0856. The van der Waals surface area contributed by atoms with Crippen molar-refractivity contribution in [3.8, 4) is 5.75 Å². The number of ether oxygens (including phenoxy) is 1. The van der Waals surface area contributed by atoms with Gasteiger partial charge in [-0.2, -0.15) is 11.8 Å². The second kappa shape index (κ2) is 9.57. The number of carbonyl (C=O) groups is 1. The van der Waals surface area contributed by atoms with Crippen molar-refractivity contribution in [3.63, 3.8) is 0 Å². The largest absolute Gasteiger partial charge is 0.477 e. The van der Waals surface area contributed by atoms with Crippen molar-refractivity contribution in [2.24, 2.45) is 0 Å². The number of nitro groups is 1. The van der Waals surface area contributed by atoms with E-state index >= 15 is 0 Å². The summed E-state index contributed by atoms with van der Waals surface area (Å²) in [5.74, 6) is 2.03. The van der Waals surface area contributed by atoms with E-state index in [2.05, 4.69) is 10.2 Å². The SMILES string of the molecule is Cc1ccc(OCC(=O)Nc2cccc(CN3CCSCC3)c2)c([N+](=O)[O-])c1. The lowest BCUT2D eigenvalue weighted by atomic mass is 10.2. The Morgan fingerprint density at radius 2 is 2.04 bits per heavy atom. The maximum Gasteiger partial charge on any atom is 0.311 e. The number of anilines is 1. The van der Waals surface area contributed by atoms with Crippen LogP contribution in [0.2, 0.25) is 0 Å². The maximum absolute atomic E-state index is 12.2. The van der Waals surface area contributed by atoms with Gasteiger partial charge in [0.25, 0.3) is 5.91 Å². The van der Waals surface area contributed by atoms with Gasteiger partial charge >= 0.3 is 5.69 Å². The van der Waals surface area contributed by atoms with Gasteiger partial charge in [0.15, 0.2) is 12.4 Å². The molecule has 0 aliphatic carbocycles. The first-order valence-electron chi connectivity index (χ1n) is 9.08. The van der Waals surface area contributed by atoms with Crippen LogP contribution in [-0.2, 0) is 11.3 Å². The first-order valence-corrected chi connectivity index (χ1v) is 10.2. The Morgan fingerprint density at radius 3 is 2.79 bits per heavy atom. The Bertz CT molecular complexity index is 853. The molecule has 8 heteroatoms. The molecule has 7 nitrogen and oxygen atoms in total. The van der Waals surface area contributed by atoms with Gasteiger partial charge in [-0.1, -0.05) is 18.2 Å².